The summed E-state index contributed by atoms with van der Waals surface area (Å²) >= 11 is 0. The van der Waals surface area contributed by atoms with Crippen LogP contribution in [-0.4, -0.2) is 16.9 Å². The van der Waals surface area contributed by atoms with Crippen LogP contribution in [0, 0.1) is 0 Å². The summed E-state index contributed by atoms with van der Waals surface area (Å²) < 4.78 is 0. The van der Waals surface area contributed by atoms with Gasteiger partial charge in [-0.25, -0.2) is 0 Å². The molecule has 0 atom stereocenters. The summed E-state index contributed by atoms with van der Waals surface area (Å²) in [6, 6.07) is 11.6. The monoisotopic (exact) mass is 284 g/mol. The molecule has 0 spiro atoms. The molecule has 2 rings (SSSR count). The molecule has 1 heterocycles. The molecule has 0 saturated heterocycles. The number of nitrogen functional groups attached to an aromatic ring is 1. The van der Waals surface area contributed by atoms with Crippen molar-refractivity contribution in [2.24, 2.45) is 5.73 Å². The minimum atomic E-state index is -0.524. The number of carbonyl (C=O) groups excluding carboxylic acids is 1. The summed E-state index contributed by atoms with van der Waals surface area (Å²) in [6.07, 6.45) is 1.60. The molecule has 0 fully saturated rings. The highest BCUT2D eigenvalue weighted by molar-refractivity contribution is 5.91. The van der Waals surface area contributed by atoms with Crippen molar-refractivity contribution in [2.75, 3.05) is 10.6 Å². The first-order valence-electron chi connectivity index (χ1n) is 6.84. The number of hydrogen-bond acceptors (Lipinski definition) is 4. The maximum atomic E-state index is 11.3. The van der Waals surface area contributed by atoms with Gasteiger partial charge < -0.3 is 16.4 Å². The number of pyridine rings is 1. The van der Waals surface area contributed by atoms with Crippen molar-refractivity contribution in [2.45, 2.75) is 26.4 Å². The normalized spacial score (nSPS) is 10.6. The van der Waals surface area contributed by atoms with E-state index in [-0.39, 0.29) is 11.7 Å². The number of benzene rings is 1. The van der Waals surface area contributed by atoms with E-state index in [0.29, 0.717) is 6.54 Å². The predicted octanol–water partition coefficient (Wildman–Crippen LogP) is 2.18. The minimum absolute atomic E-state index is 0.259. The number of carbonyl (C=O) groups is 1. The molecule has 0 saturated carbocycles. The molecule has 0 unspecified atom stereocenters. The summed E-state index contributed by atoms with van der Waals surface area (Å²) in [5, 5.41) is 0. The van der Waals surface area contributed by atoms with Crippen LogP contribution in [0.1, 0.15) is 29.9 Å². The Kier molecular flexibility index (Phi) is 4.42. The summed E-state index contributed by atoms with van der Waals surface area (Å²) in [5.74, 6) is -0.524. The van der Waals surface area contributed by atoms with E-state index >= 15 is 0 Å². The standard InChI is InChI=1S/C16H20N4O/c1-11(2)20(10-12-4-3-5-13(17)8-12)14-6-7-19-15(9-14)16(18)21/h3-9,11H,10,17H2,1-2H3,(H2,18,21). The molecule has 0 radical (unpaired) electrons. The van der Waals surface area contributed by atoms with Crippen LogP contribution in [0.5, 0.6) is 0 Å². The first-order chi connectivity index (χ1) is 9.97. The molecule has 0 aliphatic rings. The van der Waals surface area contributed by atoms with Crippen LogP contribution in [0.25, 0.3) is 0 Å². The number of primary amides is 1. The number of aromatic nitrogens is 1. The lowest BCUT2D eigenvalue weighted by Gasteiger charge is -2.29. The summed E-state index contributed by atoms with van der Waals surface area (Å²) in [7, 11) is 0. The lowest BCUT2D eigenvalue weighted by Crippen LogP contribution is -2.30. The van der Waals surface area contributed by atoms with Crippen molar-refractivity contribution in [3.63, 3.8) is 0 Å². The highest BCUT2D eigenvalue weighted by Crippen LogP contribution is 2.21. The van der Waals surface area contributed by atoms with E-state index in [0.717, 1.165) is 16.9 Å². The average Bonchev–Trinajstić information content (AvgIpc) is 2.44. The Morgan fingerprint density at radius 2 is 2.05 bits per heavy atom. The van der Waals surface area contributed by atoms with E-state index in [1.807, 2.05) is 30.3 Å². The van der Waals surface area contributed by atoms with E-state index in [9.17, 15) is 4.79 Å². The first kappa shape index (κ1) is 14.8. The van der Waals surface area contributed by atoms with E-state index in [2.05, 4.69) is 23.7 Å². The zero-order chi connectivity index (χ0) is 15.4. The van der Waals surface area contributed by atoms with Gasteiger partial charge in [0.15, 0.2) is 0 Å². The smallest absolute Gasteiger partial charge is 0.267 e. The number of anilines is 2. The van der Waals surface area contributed by atoms with Crippen LogP contribution >= 0.6 is 0 Å². The number of hydrogen-bond donors (Lipinski definition) is 2. The van der Waals surface area contributed by atoms with E-state index < -0.39 is 5.91 Å². The SMILES string of the molecule is CC(C)N(Cc1cccc(N)c1)c1ccnc(C(N)=O)c1. The molecule has 21 heavy (non-hydrogen) atoms. The van der Waals surface area contributed by atoms with Gasteiger partial charge >= 0.3 is 0 Å². The van der Waals surface area contributed by atoms with Crippen molar-refractivity contribution < 1.29 is 4.79 Å². The zero-order valence-corrected chi connectivity index (χ0v) is 12.3. The Balaban J connectivity index is 2.31. The lowest BCUT2D eigenvalue weighted by atomic mass is 10.1. The predicted molar refractivity (Wildman–Crippen MR) is 84.9 cm³/mol. The fraction of sp³-hybridized carbons (Fsp3) is 0.250. The van der Waals surface area contributed by atoms with Gasteiger partial charge in [0.05, 0.1) is 0 Å². The maximum absolute atomic E-state index is 11.3. The molecule has 5 heteroatoms. The van der Waals surface area contributed by atoms with Gasteiger partial charge in [-0.2, -0.15) is 0 Å². The summed E-state index contributed by atoms with van der Waals surface area (Å²) in [5.41, 5.74) is 14.2. The molecule has 0 aliphatic carbocycles. The molecule has 4 N–H and O–H groups in total. The van der Waals surface area contributed by atoms with Crippen molar-refractivity contribution in [3.05, 3.63) is 53.9 Å². The highest BCUT2D eigenvalue weighted by atomic mass is 16.1. The number of nitrogens with two attached hydrogens (primary N) is 2. The molecule has 1 aromatic heterocycles. The maximum Gasteiger partial charge on any atom is 0.267 e. The van der Waals surface area contributed by atoms with Crippen LogP contribution in [-0.2, 0) is 6.54 Å². The Morgan fingerprint density at radius 3 is 2.67 bits per heavy atom. The van der Waals surface area contributed by atoms with Gasteiger partial charge in [-0.05, 0) is 43.7 Å². The van der Waals surface area contributed by atoms with Crippen LogP contribution in [0.4, 0.5) is 11.4 Å². The minimum Gasteiger partial charge on any atom is -0.399 e. The molecule has 0 bridgehead atoms. The third-order valence-electron chi connectivity index (χ3n) is 3.25. The van der Waals surface area contributed by atoms with Gasteiger partial charge in [0, 0.05) is 30.2 Å². The largest absolute Gasteiger partial charge is 0.399 e. The van der Waals surface area contributed by atoms with Crippen molar-refractivity contribution >= 4 is 17.3 Å². The van der Waals surface area contributed by atoms with Crippen LogP contribution in [0.15, 0.2) is 42.6 Å². The topological polar surface area (TPSA) is 85.2 Å². The molecule has 1 aromatic carbocycles. The molecular formula is C16H20N4O. The van der Waals surface area contributed by atoms with Gasteiger partial charge in [-0.1, -0.05) is 12.1 Å². The molecule has 110 valence electrons. The Labute approximate surface area is 124 Å². The number of amides is 1. The Morgan fingerprint density at radius 1 is 1.29 bits per heavy atom. The van der Waals surface area contributed by atoms with Crippen LogP contribution in [0.2, 0.25) is 0 Å². The quantitative estimate of drug-likeness (QED) is 0.824. The summed E-state index contributed by atoms with van der Waals surface area (Å²) in [4.78, 5) is 17.4. The second-order valence-electron chi connectivity index (χ2n) is 5.23. The molecule has 0 aliphatic heterocycles. The van der Waals surface area contributed by atoms with Gasteiger partial charge in [-0.3, -0.25) is 9.78 Å². The highest BCUT2D eigenvalue weighted by Gasteiger charge is 2.13. The number of nitrogens with zero attached hydrogens (tertiary/aromatic N) is 2. The van der Waals surface area contributed by atoms with Gasteiger partial charge in [0.25, 0.3) is 5.91 Å². The second kappa shape index (κ2) is 6.26. The van der Waals surface area contributed by atoms with Gasteiger partial charge in [-0.15, -0.1) is 0 Å². The van der Waals surface area contributed by atoms with Crippen molar-refractivity contribution in [1.29, 1.82) is 0 Å². The Bertz CT molecular complexity index is 640. The molecule has 1 amide bonds. The van der Waals surface area contributed by atoms with Crippen LogP contribution in [0.3, 0.4) is 0 Å². The van der Waals surface area contributed by atoms with E-state index in [1.165, 1.54) is 0 Å². The lowest BCUT2D eigenvalue weighted by molar-refractivity contribution is 0.0995. The third kappa shape index (κ3) is 3.72. The van der Waals surface area contributed by atoms with Crippen molar-refractivity contribution in [1.82, 2.24) is 4.98 Å². The second-order valence-corrected chi connectivity index (χ2v) is 5.23. The molecule has 2 aromatic rings. The summed E-state index contributed by atoms with van der Waals surface area (Å²) in [6.45, 7) is 4.89. The fourth-order valence-electron chi connectivity index (χ4n) is 2.19. The average molecular weight is 284 g/mol. The van der Waals surface area contributed by atoms with Gasteiger partial charge in [0.2, 0.25) is 0 Å². The molecule has 5 nitrogen and oxygen atoms in total. The Hall–Kier alpha value is -2.56. The molecular weight excluding hydrogens is 264 g/mol. The fourth-order valence-corrected chi connectivity index (χ4v) is 2.19. The third-order valence-corrected chi connectivity index (χ3v) is 3.25. The van der Waals surface area contributed by atoms with Gasteiger partial charge in [0.1, 0.15) is 5.69 Å². The first-order valence-corrected chi connectivity index (χ1v) is 6.84. The zero-order valence-electron chi connectivity index (χ0n) is 12.3. The van der Waals surface area contributed by atoms with E-state index in [1.54, 1.807) is 12.3 Å². The number of rotatable bonds is 5. The van der Waals surface area contributed by atoms with Crippen LogP contribution < -0.4 is 16.4 Å². The van der Waals surface area contributed by atoms with Crippen molar-refractivity contribution in [3.8, 4) is 0 Å². The van der Waals surface area contributed by atoms with E-state index in [4.69, 9.17) is 11.5 Å².